The second-order valence-electron chi connectivity index (χ2n) is 6.06. The summed E-state index contributed by atoms with van der Waals surface area (Å²) in [7, 11) is 1.69. The topological polar surface area (TPSA) is 81.4 Å². The Balaban J connectivity index is 1.34. The molecule has 1 amide bonds. The van der Waals surface area contributed by atoms with E-state index >= 15 is 0 Å². The molecule has 0 saturated heterocycles. The molecule has 138 valence electrons. The van der Waals surface area contributed by atoms with Crippen molar-refractivity contribution in [1.82, 2.24) is 25.1 Å². The largest absolute Gasteiger partial charge is 0.496 e. The maximum absolute atomic E-state index is 12.0. The number of aryl methyl sites for hydroxylation is 3. The summed E-state index contributed by atoms with van der Waals surface area (Å²) < 4.78 is 7.07. The van der Waals surface area contributed by atoms with Crippen molar-refractivity contribution < 1.29 is 9.53 Å². The fourth-order valence-electron chi connectivity index (χ4n) is 2.74. The molecule has 0 bridgehead atoms. The van der Waals surface area contributed by atoms with Gasteiger partial charge in [-0.3, -0.25) is 4.79 Å². The number of amides is 1. The Kier molecular flexibility index (Phi) is 6.17. The van der Waals surface area contributed by atoms with Crippen LogP contribution in [0, 0.1) is 6.92 Å². The van der Waals surface area contributed by atoms with Gasteiger partial charge in [-0.05, 0) is 37.8 Å². The molecule has 0 atom stereocenters. The molecule has 0 fully saturated rings. The maximum Gasteiger partial charge on any atom is 0.234 e. The van der Waals surface area contributed by atoms with Crippen LogP contribution >= 0.6 is 11.3 Å². The first-order chi connectivity index (χ1) is 12.7. The van der Waals surface area contributed by atoms with Crippen LogP contribution in [0.1, 0.15) is 35.7 Å². The zero-order valence-electron chi connectivity index (χ0n) is 15.1. The normalized spacial score (nSPS) is 11.0. The number of nitrogens with zero attached hydrogens (tertiary/aromatic N) is 4. The van der Waals surface area contributed by atoms with Crippen molar-refractivity contribution in [2.24, 2.45) is 0 Å². The van der Waals surface area contributed by atoms with Crippen molar-refractivity contribution in [2.75, 3.05) is 13.7 Å². The standard InChI is InChI=1S/C18H23N5O2S/c1-13-20-21-18-23(13)22-17(26-18)11-10-16(24)19-12-6-5-8-14-7-3-4-9-15(14)25-2/h3-4,7,9H,5-6,8,10-12H2,1-2H3,(H,19,24). The van der Waals surface area contributed by atoms with Crippen LogP contribution in [0.4, 0.5) is 0 Å². The SMILES string of the molecule is COc1ccccc1CCCCNC(=O)CCc1nn2c(C)nnc2s1. The Hall–Kier alpha value is -2.48. The predicted octanol–water partition coefficient (Wildman–Crippen LogP) is 2.57. The van der Waals surface area contributed by atoms with Gasteiger partial charge in [-0.25, -0.2) is 0 Å². The number of carbonyl (C=O) groups is 1. The van der Waals surface area contributed by atoms with E-state index in [0.717, 1.165) is 40.8 Å². The van der Waals surface area contributed by atoms with E-state index in [1.165, 1.54) is 16.9 Å². The highest BCUT2D eigenvalue weighted by molar-refractivity contribution is 7.16. The van der Waals surface area contributed by atoms with E-state index < -0.39 is 0 Å². The van der Waals surface area contributed by atoms with E-state index in [4.69, 9.17) is 4.74 Å². The highest BCUT2D eigenvalue weighted by atomic mass is 32.1. The molecule has 26 heavy (non-hydrogen) atoms. The van der Waals surface area contributed by atoms with Crippen LogP contribution < -0.4 is 10.1 Å². The summed E-state index contributed by atoms with van der Waals surface area (Å²) in [6, 6.07) is 8.05. The third kappa shape index (κ3) is 4.57. The molecule has 2 aromatic heterocycles. The number of fused-ring (bicyclic) bond motifs is 1. The zero-order valence-corrected chi connectivity index (χ0v) is 15.9. The van der Waals surface area contributed by atoms with E-state index in [0.29, 0.717) is 19.4 Å². The van der Waals surface area contributed by atoms with Crippen LogP contribution in [0.3, 0.4) is 0 Å². The number of benzene rings is 1. The molecule has 3 rings (SSSR count). The second kappa shape index (κ2) is 8.75. The van der Waals surface area contributed by atoms with Gasteiger partial charge in [0.15, 0.2) is 5.82 Å². The molecule has 1 aromatic carbocycles. The Morgan fingerprint density at radius 3 is 2.88 bits per heavy atom. The molecule has 0 unspecified atom stereocenters. The first-order valence-electron chi connectivity index (χ1n) is 8.73. The molecule has 0 aliphatic rings. The van der Waals surface area contributed by atoms with Crippen molar-refractivity contribution in [3.8, 4) is 5.75 Å². The number of carbonyl (C=O) groups excluding carboxylic acids is 1. The number of hydrogen-bond donors (Lipinski definition) is 1. The Bertz CT molecular complexity index is 873. The quantitative estimate of drug-likeness (QED) is 0.583. The van der Waals surface area contributed by atoms with Crippen LogP contribution in [-0.2, 0) is 17.6 Å². The Morgan fingerprint density at radius 1 is 1.23 bits per heavy atom. The van der Waals surface area contributed by atoms with Gasteiger partial charge < -0.3 is 10.1 Å². The van der Waals surface area contributed by atoms with Gasteiger partial charge in [0.2, 0.25) is 10.9 Å². The van der Waals surface area contributed by atoms with Crippen molar-refractivity contribution in [1.29, 1.82) is 0 Å². The number of hydrogen-bond acceptors (Lipinski definition) is 6. The average Bonchev–Trinajstić information content (AvgIpc) is 3.21. The molecular weight excluding hydrogens is 350 g/mol. The van der Waals surface area contributed by atoms with Gasteiger partial charge in [0.1, 0.15) is 10.8 Å². The Labute approximate surface area is 156 Å². The number of methoxy groups -OCH3 is 1. The van der Waals surface area contributed by atoms with E-state index in [2.05, 4.69) is 26.7 Å². The van der Waals surface area contributed by atoms with E-state index in [-0.39, 0.29) is 5.91 Å². The zero-order chi connectivity index (χ0) is 18.4. The third-order valence-electron chi connectivity index (χ3n) is 4.14. The number of nitrogens with one attached hydrogen (secondary N) is 1. The third-order valence-corrected chi connectivity index (χ3v) is 5.10. The molecular formula is C18H23N5O2S. The van der Waals surface area contributed by atoms with Crippen LogP contribution in [0.2, 0.25) is 0 Å². The molecule has 8 heteroatoms. The van der Waals surface area contributed by atoms with Gasteiger partial charge >= 0.3 is 0 Å². The summed E-state index contributed by atoms with van der Waals surface area (Å²) in [4.78, 5) is 12.8. The lowest BCUT2D eigenvalue weighted by Gasteiger charge is -2.08. The molecule has 1 N–H and O–H groups in total. The first-order valence-corrected chi connectivity index (χ1v) is 9.55. The van der Waals surface area contributed by atoms with Crippen LogP contribution in [0.5, 0.6) is 5.75 Å². The van der Waals surface area contributed by atoms with Gasteiger partial charge in [0.05, 0.1) is 7.11 Å². The second-order valence-corrected chi connectivity index (χ2v) is 7.10. The summed E-state index contributed by atoms with van der Waals surface area (Å²) in [5.41, 5.74) is 1.21. The summed E-state index contributed by atoms with van der Waals surface area (Å²) >= 11 is 1.48. The Morgan fingerprint density at radius 2 is 2.08 bits per heavy atom. The monoisotopic (exact) mass is 373 g/mol. The summed E-state index contributed by atoms with van der Waals surface area (Å²) in [6.45, 7) is 2.56. The lowest BCUT2D eigenvalue weighted by Crippen LogP contribution is -2.24. The van der Waals surface area contributed by atoms with Gasteiger partial charge in [0.25, 0.3) is 0 Å². The minimum atomic E-state index is 0.0602. The number of unbranched alkanes of at least 4 members (excludes halogenated alkanes) is 1. The summed E-state index contributed by atoms with van der Waals surface area (Å²) in [6.07, 6.45) is 3.97. The van der Waals surface area contributed by atoms with Crippen molar-refractivity contribution in [3.05, 3.63) is 40.7 Å². The van der Waals surface area contributed by atoms with Crippen LogP contribution in [-0.4, -0.2) is 39.4 Å². The fourth-order valence-corrected chi connectivity index (χ4v) is 3.62. The highest BCUT2D eigenvalue weighted by Crippen LogP contribution is 2.19. The fraction of sp³-hybridized carbons (Fsp3) is 0.444. The van der Waals surface area contributed by atoms with Gasteiger partial charge in [-0.15, -0.1) is 10.2 Å². The van der Waals surface area contributed by atoms with Crippen LogP contribution in [0.25, 0.3) is 4.96 Å². The molecule has 0 aliphatic carbocycles. The minimum absolute atomic E-state index is 0.0602. The maximum atomic E-state index is 12.0. The van der Waals surface area contributed by atoms with E-state index in [9.17, 15) is 4.79 Å². The summed E-state index contributed by atoms with van der Waals surface area (Å²) in [5.74, 6) is 1.75. The molecule has 0 spiro atoms. The van der Waals surface area contributed by atoms with Crippen LogP contribution in [0.15, 0.2) is 24.3 Å². The molecule has 0 saturated carbocycles. The van der Waals surface area contributed by atoms with E-state index in [1.807, 2.05) is 25.1 Å². The van der Waals surface area contributed by atoms with Crippen molar-refractivity contribution in [3.63, 3.8) is 0 Å². The molecule has 2 heterocycles. The first kappa shape index (κ1) is 18.3. The number of aromatic nitrogens is 4. The number of ether oxygens (including phenoxy) is 1. The molecule has 3 aromatic rings. The average molecular weight is 373 g/mol. The van der Waals surface area contributed by atoms with Crippen molar-refractivity contribution >= 4 is 22.2 Å². The minimum Gasteiger partial charge on any atom is -0.496 e. The molecule has 0 aliphatic heterocycles. The van der Waals surface area contributed by atoms with Crippen molar-refractivity contribution in [2.45, 2.75) is 39.0 Å². The van der Waals surface area contributed by atoms with Gasteiger partial charge in [0, 0.05) is 19.4 Å². The van der Waals surface area contributed by atoms with E-state index in [1.54, 1.807) is 11.6 Å². The predicted molar refractivity (Wildman–Crippen MR) is 101 cm³/mol. The van der Waals surface area contributed by atoms with Gasteiger partial charge in [-0.2, -0.15) is 9.61 Å². The van der Waals surface area contributed by atoms with Gasteiger partial charge in [-0.1, -0.05) is 29.5 Å². The molecule has 0 radical (unpaired) electrons. The molecule has 7 nitrogen and oxygen atoms in total. The highest BCUT2D eigenvalue weighted by Gasteiger charge is 2.10. The smallest absolute Gasteiger partial charge is 0.234 e. The number of rotatable bonds is 9. The summed E-state index contributed by atoms with van der Waals surface area (Å²) in [5, 5.41) is 16.3. The lowest BCUT2D eigenvalue weighted by atomic mass is 10.1. The number of para-hydroxylation sites is 1. The lowest BCUT2D eigenvalue weighted by molar-refractivity contribution is -0.121.